The Morgan fingerprint density at radius 2 is 2.09 bits per heavy atom. The third kappa shape index (κ3) is 3.06. The normalized spacial score (nSPS) is 17.1. The first-order chi connectivity index (χ1) is 11.2. The van der Waals surface area contributed by atoms with Gasteiger partial charge in [-0.05, 0) is 37.1 Å². The van der Waals surface area contributed by atoms with E-state index < -0.39 is 5.97 Å². The second-order valence-electron chi connectivity index (χ2n) is 5.44. The van der Waals surface area contributed by atoms with E-state index in [0.29, 0.717) is 17.8 Å². The molecule has 1 atom stereocenters. The van der Waals surface area contributed by atoms with Crippen molar-refractivity contribution >= 4 is 17.7 Å². The van der Waals surface area contributed by atoms with E-state index in [9.17, 15) is 9.59 Å². The number of anilines is 1. The maximum absolute atomic E-state index is 12.6. The summed E-state index contributed by atoms with van der Waals surface area (Å²) < 4.78 is 4.76. The Labute approximate surface area is 134 Å². The number of ether oxygens (including phenoxy) is 1. The molecule has 2 aromatic rings. The summed E-state index contributed by atoms with van der Waals surface area (Å²) in [4.78, 5) is 29.4. The number of esters is 1. The van der Waals surface area contributed by atoms with Crippen LogP contribution in [0.25, 0.3) is 0 Å². The number of amides is 2. The predicted octanol–water partition coefficient (Wildman–Crippen LogP) is 3.17. The minimum absolute atomic E-state index is 0.0373. The smallest absolute Gasteiger partial charge is 0.339 e. The highest BCUT2D eigenvalue weighted by molar-refractivity contribution is 6.00. The molecule has 0 radical (unpaired) electrons. The number of likely N-dealkylation sites (tertiary alicyclic amines) is 1. The van der Waals surface area contributed by atoms with E-state index in [-0.39, 0.29) is 12.1 Å². The molecule has 3 rings (SSSR count). The number of para-hydroxylation sites is 1. The first-order valence-corrected chi connectivity index (χ1v) is 7.59. The van der Waals surface area contributed by atoms with Crippen molar-refractivity contribution < 1.29 is 14.3 Å². The zero-order chi connectivity index (χ0) is 16.2. The standard InChI is InChI=1S/C17H19N3O3/c1-23-16(21)12-6-2-3-7-13(12)19-17(22)20-11-5-9-15(20)14-8-4-10-18-14/h2-4,6-8,10,15,18H,5,9,11H2,1H3,(H,19,22)/t15-/m1/s1. The number of nitrogens with one attached hydrogen (secondary N) is 2. The summed E-state index contributed by atoms with van der Waals surface area (Å²) in [6.45, 7) is 0.690. The number of benzene rings is 1. The fourth-order valence-corrected chi connectivity index (χ4v) is 2.95. The number of methoxy groups -OCH3 is 1. The number of aromatic amines is 1. The fourth-order valence-electron chi connectivity index (χ4n) is 2.95. The maximum atomic E-state index is 12.6. The van der Waals surface area contributed by atoms with E-state index in [0.717, 1.165) is 18.5 Å². The average Bonchev–Trinajstić information content (AvgIpc) is 3.25. The molecule has 0 spiro atoms. The zero-order valence-electron chi connectivity index (χ0n) is 12.9. The molecule has 0 saturated carbocycles. The van der Waals surface area contributed by atoms with Crippen molar-refractivity contribution in [3.63, 3.8) is 0 Å². The molecule has 1 aliphatic heterocycles. The Balaban J connectivity index is 1.78. The van der Waals surface area contributed by atoms with Crippen LogP contribution in [0, 0.1) is 0 Å². The Bertz CT molecular complexity index is 697. The molecule has 0 unspecified atom stereocenters. The van der Waals surface area contributed by atoms with E-state index in [1.165, 1.54) is 7.11 Å². The van der Waals surface area contributed by atoms with E-state index in [1.807, 2.05) is 18.3 Å². The number of hydrogen-bond acceptors (Lipinski definition) is 3. The molecule has 2 amide bonds. The molecule has 1 aromatic heterocycles. The molecular weight excluding hydrogens is 294 g/mol. The van der Waals surface area contributed by atoms with Crippen LogP contribution < -0.4 is 5.32 Å². The molecule has 1 aliphatic rings. The SMILES string of the molecule is COC(=O)c1ccccc1NC(=O)N1CCC[C@@H]1c1ccc[nH]1. The van der Waals surface area contributed by atoms with Gasteiger partial charge in [0.05, 0.1) is 24.4 Å². The topological polar surface area (TPSA) is 74.4 Å². The third-order valence-corrected chi connectivity index (χ3v) is 4.07. The van der Waals surface area contributed by atoms with Crippen molar-refractivity contribution in [2.75, 3.05) is 19.0 Å². The quantitative estimate of drug-likeness (QED) is 0.855. The van der Waals surface area contributed by atoms with Crippen LogP contribution in [0.5, 0.6) is 0 Å². The molecule has 6 nitrogen and oxygen atoms in total. The molecule has 2 N–H and O–H groups in total. The molecule has 6 heteroatoms. The van der Waals surface area contributed by atoms with Crippen LogP contribution in [-0.4, -0.2) is 35.5 Å². The first-order valence-electron chi connectivity index (χ1n) is 7.59. The zero-order valence-corrected chi connectivity index (χ0v) is 12.9. The van der Waals surface area contributed by atoms with Gasteiger partial charge in [-0.1, -0.05) is 12.1 Å². The van der Waals surface area contributed by atoms with Crippen LogP contribution in [0.1, 0.15) is 34.9 Å². The van der Waals surface area contributed by atoms with E-state index in [4.69, 9.17) is 4.74 Å². The van der Waals surface area contributed by atoms with Crippen LogP contribution in [0.4, 0.5) is 10.5 Å². The number of rotatable bonds is 3. The highest BCUT2D eigenvalue weighted by Gasteiger charge is 2.31. The monoisotopic (exact) mass is 313 g/mol. The molecule has 1 saturated heterocycles. The van der Waals surface area contributed by atoms with E-state index >= 15 is 0 Å². The lowest BCUT2D eigenvalue weighted by atomic mass is 10.1. The van der Waals surface area contributed by atoms with Gasteiger partial charge in [0.25, 0.3) is 0 Å². The van der Waals surface area contributed by atoms with Gasteiger partial charge in [-0.3, -0.25) is 0 Å². The molecule has 0 bridgehead atoms. The predicted molar refractivity (Wildman–Crippen MR) is 86.3 cm³/mol. The summed E-state index contributed by atoms with van der Waals surface area (Å²) >= 11 is 0. The molecule has 23 heavy (non-hydrogen) atoms. The van der Waals surface area contributed by atoms with Gasteiger partial charge >= 0.3 is 12.0 Å². The van der Waals surface area contributed by atoms with Crippen LogP contribution >= 0.6 is 0 Å². The summed E-state index contributed by atoms with van der Waals surface area (Å²) in [5.74, 6) is -0.469. The largest absolute Gasteiger partial charge is 0.465 e. The third-order valence-electron chi connectivity index (χ3n) is 4.07. The Kier molecular flexibility index (Phi) is 4.32. The van der Waals surface area contributed by atoms with Gasteiger partial charge in [0, 0.05) is 18.4 Å². The minimum atomic E-state index is -0.469. The van der Waals surface area contributed by atoms with Crippen molar-refractivity contribution in [3.05, 3.63) is 53.9 Å². The lowest BCUT2D eigenvalue weighted by Gasteiger charge is -2.24. The number of carbonyl (C=O) groups is 2. The van der Waals surface area contributed by atoms with Crippen LogP contribution in [0.15, 0.2) is 42.6 Å². The lowest BCUT2D eigenvalue weighted by Crippen LogP contribution is -2.35. The van der Waals surface area contributed by atoms with Gasteiger partial charge in [-0.25, -0.2) is 9.59 Å². The first kappa shape index (κ1) is 15.1. The Morgan fingerprint density at radius 3 is 2.83 bits per heavy atom. The van der Waals surface area contributed by atoms with Gasteiger partial charge in [0.15, 0.2) is 0 Å². The fraction of sp³-hybridized carbons (Fsp3) is 0.294. The number of aromatic nitrogens is 1. The molecular formula is C17H19N3O3. The van der Waals surface area contributed by atoms with Crippen molar-refractivity contribution in [3.8, 4) is 0 Å². The summed E-state index contributed by atoms with van der Waals surface area (Å²) in [5.41, 5.74) is 1.83. The molecule has 1 aromatic carbocycles. The molecule has 2 heterocycles. The van der Waals surface area contributed by atoms with E-state index in [1.54, 1.807) is 29.2 Å². The highest BCUT2D eigenvalue weighted by Crippen LogP contribution is 2.31. The summed E-state index contributed by atoms with van der Waals surface area (Å²) in [6.07, 6.45) is 3.73. The number of hydrogen-bond donors (Lipinski definition) is 2. The summed E-state index contributed by atoms with van der Waals surface area (Å²) in [7, 11) is 1.32. The van der Waals surface area contributed by atoms with Crippen molar-refractivity contribution in [1.29, 1.82) is 0 Å². The summed E-state index contributed by atoms with van der Waals surface area (Å²) in [6, 6.07) is 10.6. The van der Waals surface area contributed by atoms with Crippen molar-refractivity contribution in [2.45, 2.75) is 18.9 Å². The molecule has 1 fully saturated rings. The Morgan fingerprint density at radius 1 is 1.26 bits per heavy atom. The average molecular weight is 313 g/mol. The number of carbonyl (C=O) groups excluding carboxylic acids is 2. The summed E-state index contributed by atoms with van der Waals surface area (Å²) in [5, 5.41) is 2.83. The molecule has 0 aliphatic carbocycles. The van der Waals surface area contributed by atoms with Gasteiger partial charge in [-0.2, -0.15) is 0 Å². The highest BCUT2D eigenvalue weighted by atomic mass is 16.5. The van der Waals surface area contributed by atoms with Crippen LogP contribution in [-0.2, 0) is 4.74 Å². The van der Waals surface area contributed by atoms with Gasteiger partial charge in [0.2, 0.25) is 0 Å². The van der Waals surface area contributed by atoms with Crippen LogP contribution in [0.2, 0.25) is 0 Å². The van der Waals surface area contributed by atoms with Gasteiger partial charge in [-0.15, -0.1) is 0 Å². The van der Waals surface area contributed by atoms with Crippen LogP contribution in [0.3, 0.4) is 0 Å². The molecule has 120 valence electrons. The van der Waals surface area contributed by atoms with Crippen molar-refractivity contribution in [2.24, 2.45) is 0 Å². The van der Waals surface area contributed by atoms with Crippen molar-refractivity contribution in [1.82, 2.24) is 9.88 Å². The number of H-pyrrole nitrogens is 1. The number of nitrogens with zero attached hydrogens (tertiary/aromatic N) is 1. The minimum Gasteiger partial charge on any atom is -0.465 e. The maximum Gasteiger partial charge on any atom is 0.339 e. The Hall–Kier alpha value is -2.76. The second-order valence-corrected chi connectivity index (χ2v) is 5.44. The van der Waals surface area contributed by atoms with Gasteiger partial charge in [0.1, 0.15) is 0 Å². The second kappa shape index (κ2) is 6.56. The van der Waals surface area contributed by atoms with E-state index in [2.05, 4.69) is 10.3 Å². The number of urea groups is 1. The lowest BCUT2D eigenvalue weighted by molar-refractivity contribution is 0.0602. The van der Waals surface area contributed by atoms with Gasteiger partial charge < -0.3 is 19.9 Å².